The second-order valence-electron chi connectivity index (χ2n) is 5.23. The van der Waals surface area contributed by atoms with Gasteiger partial charge in [-0.05, 0) is 39.3 Å². The maximum Gasteiger partial charge on any atom is 0.325 e. The van der Waals surface area contributed by atoms with Crippen molar-refractivity contribution in [3.63, 3.8) is 0 Å². The Morgan fingerprint density at radius 1 is 1.26 bits per heavy atom. The summed E-state index contributed by atoms with van der Waals surface area (Å²) in [4.78, 5) is 28.1. The molecule has 3 N–H and O–H groups in total. The van der Waals surface area contributed by atoms with Crippen molar-refractivity contribution in [3.8, 4) is 0 Å². The van der Waals surface area contributed by atoms with Crippen LogP contribution in [0.2, 0.25) is 0 Å². The smallest absolute Gasteiger partial charge is 0.307 e. The van der Waals surface area contributed by atoms with E-state index in [-0.39, 0.29) is 0 Å². The van der Waals surface area contributed by atoms with Crippen molar-refractivity contribution < 1.29 is 9.59 Å². The number of aromatic amines is 1. The first-order chi connectivity index (χ1) is 10.8. The fraction of sp³-hybridized carbons (Fsp3) is 0.333. The molecule has 7 nitrogen and oxygen atoms in total. The number of H-pyrrole nitrogens is 1. The van der Waals surface area contributed by atoms with E-state index in [4.69, 9.17) is 0 Å². The monoisotopic (exact) mass is 333 g/mol. The summed E-state index contributed by atoms with van der Waals surface area (Å²) >= 11 is 1.18. The molecule has 0 bridgehead atoms. The van der Waals surface area contributed by atoms with Crippen LogP contribution in [0.25, 0.3) is 0 Å². The highest BCUT2D eigenvalue weighted by atomic mass is 32.2. The number of hydrogen-bond donors (Lipinski definition) is 3. The molecule has 0 fully saturated rings. The van der Waals surface area contributed by atoms with Crippen molar-refractivity contribution in [2.45, 2.75) is 38.1 Å². The normalized spacial score (nSPS) is 11.8. The van der Waals surface area contributed by atoms with Gasteiger partial charge in [0.25, 0.3) is 0 Å². The number of amides is 3. The highest BCUT2D eigenvalue weighted by Gasteiger charge is 2.19. The van der Waals surface area contributed by atoms with Crippen LogP contribution < -0.4 is 10.6 Å². The van der Waals surface area contributed by atoms with Crippen LogP contribution in [0, 0.1) is 20.8 Å². The number of thioether (sulfide) groups is 1. The summed E-state index contributed by atoms with van der Waals surface area (Å²) in [5, 5.41) is 11.6. The zero-order valence-corrected chi connectivity index (χ0v) is 14.2. The Hall–Kier alpha value is -2.35. The van der Waals surface area contributed by atoms with Crippen molar-refractivity contribution in [2.24, 2.45) is 0 Å². The van der Waals surface area contributed by atoms with Crippen LogP contribution in [-0.4, -0.2) is 32.4 Å². The van der Waals surface area contributed by atoms with Crippen LogP contribution in [-0.2, 0) is 4.79 Å². The SMILES string of the molecule is Cc1ccc(NC(=O)NC(=O)C(C)Sc2n[nH]c(C)n2)c(C)c1. The van der Waals surface area contributed by atoms with Crippen molar-refractivity contribution >= 4 is 29.4 Å². The van der Waals surface area contributed by atoms with E-state index < -0.39 is 17.2 Å². The Morgan fingerprint density at radius 3 is 2.61 bits per heavy atom. The average Bonchev–Trinajstić information content (AvgIpc) is 2.87. The number of aromatic nitrogens is 3. The van der Waals surface area contributed by atoms with Gasteiger partial charge in [0.2, 0.25) is 11.1 Å². The van der Waals surface area contributed by atoms with Crippen molar-refractivity contribution in [1.82, 2.24) is 20.5 Å². The molecule has 1 aromatic carbocycles. The first kappa shape index (κ1) is 17.0. The number of nitrogens with zero attached hydrogens (tertiary/aromatic N) is 2. The summed E-state index contributed by atoms with van der Waals surface area (Å²) in [6.07, 6.45) is 0. The molecule has 0 saturated heterocycles. The van der Waals surface area contributed by atoms with Crippen molar-refractivity contribution in [3.05, 3.63) is 35.2 Å². The molecule has 122 valence electrons. The number of urea groups is 1. The van der Waals surface area contributed by atoms with Crippen molar-refractivity contribution in [2.75, 3.05) is 5.32 Å². The number of hydrogen-bond acceptors (Lipinski definition) is 5. The minimum absolute atomic E-state index is 0.403. The molecule has 0 aliphatic rings. The maximum atomic E-state index is 12.0. The van der Waals surface area contributed by atoms with E-state index in [1.54, 1.807) is 13.8 Å². The molecule has 0 aliphatic carbocycles. The molecule has 1 atom stereocenters. The van der Waals surface area contributed by atoms with E-state index in [0.717, 1.165) is 11.1 Å². The summed E-state index contributed by atoms with van der Waals surface area (Å²) in [6, 6.07) is 5.11. The molecular weight excluding hydrogens is 314 g/mol. The van der Waals surface area contributed by atoms with Crippen LogP contribution in [0.3, 0.4) is 0 Å². The Labute approximate surface area is 138 Å². The van der Waals surface area contributed by atoms with Crippen LogP contribution in [0.1, 0.15) is 23.9 Å². The second kappa shape index (κ2) is 7.28. The van der Waals surface area contributed by atoms with Gasteiger partial charge in [0.1, 0.15) is 5.82 Å². The zero-order chi connectivity index (χ0) is 17.0. The molecule has 8 heteroatoms. The summed E-state index contributed by atoms with van der Waals surface area (Å²) in [6.45, 7) is 7.34. The lowest BCUT2D eigenvalue weighted by molar-refractivity contribution is -0.119. The Bertz CT molecular complexity index is 728. The zero-order valence-electron chi connectivity index (χ0n) is 13.4. The molecule has 23 heavy (non-hydrogen) atoms. The van der Waals surface area contributed by atoms with Crippen LogP contribution in [0.4, 0.5) is 10.5 Å². The lowest BCUT2D eigenvalue weighted by Gasteiger charge is -2.12. The highest BCUT2D eigenvalue weighted by molar-refractivity contribution is 8.00. The molecular formula is C15H19N5O2S. The number of carbonyl (C=O) groups is 2. The summed E-state index contributed by atoms with van der Waals surface area (Å²) in [5.74, 6) is 0.271. The predicted molar refractivity (Wildman–Crippen MR) is 89.5 cm³/mol. The third-order valence-corrected chi connectivity index (χ3v) is 4.06. The Balaban J connectivity index is 1.90. The van der Waals surface area contributed by atoms with E-state index in [2.05, 4.69) is 25.8 Å². The standard InChI is InChI=1S/C15H19N5O2S/c1-8-5-6-12(9(2)7-8)17-14(22)18-13(21)10(3)23-15-16-11(4)19-20-15/h5-7,10H,1-4H3,(H,16,19,20)(H2,17,18,21,22). The summed E-state index contributed by atoms with van der Waals surface area (Å²) < 4.78 is 0. The van der Waals surface area contributed by atoms with Gasteiger partial charge in [0, 0.05) is 5.69 Å². The number of aryl methyl sites for hydroxylation is 3. The van der Waals surface area contributed by atoms with Gasteiger partial charge >= 0.3 is 6.03 Å². The fourth-order valence-electron chi connectivity index (χ4n) is 1.91. The van der Waals surface area contributed by atoms with Crippen molar-refractivity contribution in [1.29, 1.82) is 0 Å². The van der Waals surface area contributed by atoms with Gasteiger partial charge in [-0.2, -0.15) is 0 Å². The van der Waals surface area contributed by atoms with E-state index >= 15 is 0 Å². The van der Waals surface area contributed by atoms with Crippen LogP contribution in [0.15, 0.2) is 23.4 Å². The molecule has 3 amide bonds. The van der Waals surface area contributed by atoms with Gasteiger partial charge in [0.05, 0.1) is 5.25 Å². The number of rotatable bonds is 4. The summed E-state index contributed by atoms with van der Waals surface area (Å²) in [5.41, 5.74) is 2.72. The molecule has 1 heterocycles. The van der Waals surface area contributed by atoms with E-state index in [9.17, 15) is 9.59 Å². The largest absolute Gasteiger partial charge is 0.325 e. The lowest BCUT2D eigenvalue weighted by atomic mass is 10.1. The van der Waals surface area contributed by atoms with E-state index in [1.807, 2.05) is 32.0 Å². The molecule has 2 aromatic rings. The number of nitrogens with one attached hydrogen (secondary N) is 3. The molecule has 0 saturated carbocycles. The predicted octanol–water partition coefficient (Wildman–Crippen LogP) is 2.56. The van der Waals surface area contributed by atoms with E-state index in [1.165, 1.54) is 11.8 Å². The second-order valence-corrected chi connectivity index (χ2v) is 6.53. The Morgan fingerprint density at radius 2 is 2.00 bits per heavy atom. The fourth-order valence-corrected chi connectivity index (χ4v) is 2.68. The topological polar surface area (TPSA) is 99.8 Å². The van der Waals surface area contributed by atoms with Crippen LogP contribution in [0.5, 0.6) is 0 Å². The van der Waals surface area contributed by atoms with Crippen LogP contribution >= 0.6 is 11.8 Å². The third-order valence-electron chi connectivity index (χ3n) is 3.09. The summed E-state index contributed by atoms with van der Waals surface area (Å²) in [7, 11) is 0. The van der Waals surface area contributed by atoms with E-state index in [0.29, 0.717) is 16.7 Å². The number of imide groups is 1. The highest BCUT2D eigenvalue weighted by Crippen LogP contribution is 2.19. The number of benzene rings is 1. The van der Waals surface area contributed by atoms with Gasteiger partial charge < -0.3 is 5.32 Å². The van der Waals surface area contributed by atoms with Gasteiger partial charge in [0.15, 0.2) is 0 Å². The molecule has 0 spiro atoms. The molecule has 0 aliphatic heterocycles. The molecule has 1 unspecified atom stereocenters. The Kier molecular flexibility index (Phi) is 5.38. The molecule has 2 rings (SSSR count). The van der Waals surface area contributed by atoms with Gasteiger partial charge in [-0.25, -0.2) is 9.78 Å². The van der Waals surface area contributed by atoms with Gasteiger partial charge in [-0.1, -0.05) is 29.5 Å². The third kappa shape index (κ3) is 4.82. The number of anilines is 1. The molecule has 1 aromatic heterocycles. The number of carbonyl (C=O) groups excluding carboxylic acids is 2. The maximum absolute atomic E-state index is 12.0. The lowest BCUT2D eigenvalue weighted by Crippen LogP contribution is -2.39. The first-order valence-electron chi connectivity index (χ1n) is 7.10. The quantitative estimate of drug-likeness (QED) is 0.747. The minimum atomic E-state index is -0.555. The minimum Gasteiger partial charge on any atom is -0.307 e. The van der Waals surface area contributed by atoms with Gasteiger partial charge in [-0.3, -0.25) is 15.2 Å². The van der Waals surface area contributed by atoms with Gasteiger partial charge in [-0.15, -0.1) is 5.10 Å². The molecule has 0 radical (unpaired) electrons. The first-order valence-corrected chi connectivity index (χ1v) is 7.98. The average molecular weight is 333 g/mol.